The van der Waals surface area contributed by atoms with Crippen LogP contribution < -0.4 is 5.73 Å². The number of nitrogens with two attached hydrogens (primary N) is 1. The first-order valence-electron chi connectivity index (χ1n) is 3.46. The van der Waals surface area contributed by atoms with Gasteiger partial charge in [0, 0.05) is 12.8 Å². The van der Waals surface area contributed by atoms with Gasteiger partial charge in [0.15, 0.2) is 0 Å². The third-order valence-electron chi connectivity index (χ3n) is 1.53. The standard InChI is InChI=1S/C6H9ClN2O3/c7-5-2-3(12-9-5)1-4(8)6(10)11/h3-4H,1-2,8H2,(H,10,11)/t3-,4+/m0/s1. The highest BCUT2D eigenvalue weighted by molar-refractivity contribution is 6.65. The van der Waals surface area contributed by atoms with E-state index in [0.717, 1.165) is 0 Å². The van der Waals surface area contributed by atoms with E-state index >= 15 is 0 Å². The molecule has 0 fully saturated rings. The van der Waals surface area contributed by atoms with E-state index in [4.69, 9.17) is 27.3 Å². The summed E-state index contributed by atoms with van der Waals surface area (Å²) in [7, 11) is 0. The van der Waals surface area contributed by atoms with E-state index in [1.165, 1.54) is 0 Å². The van der Waals surface area contributed by atoms with Crippen LogP contribution in [0.2, 0.25) is 0 Å². The quantitative estimate of drug-likeness (QED) is 0.666. The number of hydrogen-bond donors (Lipinski definition) is 2. The molecule has 6 heteroatoms. The summed E-state index contributed by atoms with van der Waals surface area (Å²) < 4.78 is 0. The molecule has 3 N–H and O–H groups in total. The van der Waals surface area contributed by atoms with E-state index in [-0.39, 0.29) is 12.5 Å². The van der Waals surface area contributed by atoms with Crippen molar-refractivity contribution in [3.05, 3.63) is 0 Å². The summed E-state index contributed by atoms with van der Waals surface area (Å²) in [6.07, 6.45) is 0.390. The second-order valence-electron chi connectivity index (χ2n) is 2.58. The molecule has 0 unspecified atom stereocenters. The molecule has 0 aromatic carbocycles. The summed E-state index contributed by atoms with van der Waals surface area (Å²) >= 11 is 5.51. The van der Waals surface area contributed by atoms with Crippen LogP contribution in [0.1, 0.15) is 12.8 Å². The highest BCUT2D eigenvalue weighted by Crippen LogP contribution is 2.16. The van der Waals surface area contributed by atoms with Crippen LogP contribution in [0.4, 0.5) is 0 Å². The number of oxime groups is 1. The van der Waals surface area contributed by atoms with Gasteiger partial charge >= 0.3 is 5.97 Å². The predicted molar refractivity (Wildman–Crippen MR) is 43.0 cm³/mol. The highest BCUT2D eigenvalue weighted by Gasteiger charge is 2.25. The molecule has 1 heterocycles. The van der Waals surface area contributed by atoms with Crippen LogP contribution >= 0.6 is 11.6 Å². The van der Waals surface area contributed by atoms with Crippen molar-refractivity contribution in [3.8, 4) is 0 Å². The van der Waals surface area contributed by atoms with Crippen molar-refractivity contribution < 1.29 is 14.7 Å². The summed E-state index contributed by atoms with van der Waals surface area (Å²) in [6.45, 7) is 0. The minimum absolute atomic E-state index is 0.231. The molecule has 1 aliphatic heterocycles. The van der Waals surface area contributed by atoms with Gasteiger partial charge in [0.1, 0.15) is 17.3 Å². The Labute approximate surface area is 74.1 Å². The fourth-order valence-electron chi connectivity index (χ4n) is 0.905. The number of carboxylic acid groups (broad SMARTS) is 1. The molecule has 0 amide bonds. The Morgan fingerprint density at radius 3 is 3.08 bits per heavy atom. The summed E-state index contributed by atoms with van der Waals surface area (Å²) in [6, 6.07) is -0.909. The zero-order chi connectivity index (χ0) is 9.14. The number of halogens is 1. The maximum absolute atomic E-state index is 10.3. The van der Waals surface area contributed by atoms with E-state index in [1.807, 2.05) is 0 Å². The lowest BCUT2D eigenvalue weighted by atomic mass is 10.1. The second kappa shape index (κ2) is 3.73. The van der Waals surface area contributed by atoms with Crippen molar-refractivity contribution in [2.45, 2.75) is 25.0 Å². The molecule has 0 radical (unpaired) electrons. The molecule has 0 spiro atoms. The second-order valence-corrected chi connectivity index (χ2v) is 3.02. The van der Waals surface area contributed by atoms with Gasteiger partial charge in [-0.1, -0.05) is 16.8 Å². The van der Waals surface area contributed by atoms with Crippen LogP contribution in [0.15, 0.2) is 5.16 Å². The molecule has 0 aliphatic carbocycles. The third kappa shape index (κ3) is 2.35. The lowest BCUT2D eigenvalue weighted by molar-refractivity contribution is -0.139. The lowest BCUT2D eigenvalue weighted by Crippen LogP contribution is -2.33. The third-order valence-corrected chi connectivity index (χ3v) is 1.75. The van der Waals surface area contributed by atoms with E-state index in [1.54, 1.807) is 0 Å². The first kappa shape index (κ1) is 9.28. The molecule has 1 rings (SSSR count). The molecule has 0 saturated heterocycles. The van der Waals surface area contributed by atoms with Gasteiger partial charge in [-0.15, -0.1) is 0 Å². The Hall–Kier alpha value is -0.810. The van der Waals surface area contributed by atoms with Crippen molar-refractivity contribution in [2.24, 2.45) is 10.9 Å². The van der Waals surface area contributed by atoms with Gasteiger partial charge in [-0.25, -0.2) is 0 Å². The summed E-state index contributed by atoms with van der Waals surface area (Å²) in [4.78, 5) is 15.1. The highest BCUT2D eigenvalue weighted by atomic mass is 35.5. The van der Waals surface area contributed by atoms with Crippen LogP contribution in [-0.4, -0.2) is 28.4 Å². The number of hydrogen-bond acceptors (Lipinski definition) is 4. The molecule has 0 saturated carbocycles. The SMILES string of the molecule is N[C@H](C[C@H]1CC(Cl)=NO1)C(=O)O. The fourth-order valence-corrected chi connectivity index (χ4v) is 1.12. The Bertz CT molecular complexity index is 219. The molecule has 0 aromatic rings. The monoisotopic (exact) mass is 192 g/mol. The average molecular weight is 193 g/mol. The van der Waals surface area contributed by atoms with Crippen LogP contribution in [0.3, 0.4) is 0 Å². The maximum atomic E-state index is 10.3. The summed E-state index contributed by atoms with van der Waals surface area (Å²) in [5, 5.41) is 12.3. The van der Waals surface area contributed by atoms with Crippen LogP contribution in [-0.2, 0) is 9.63 Å². The molecule has 5 nitrogen and oxygen atoms in total. The summed E-state index contributed by atoms with van der Waals surface area (Å²) in [5.74, 6) is -1.04. The van der Waals surface area contributed by atoms with Gasteiger partial charge < -0.3 is 15.7 Å². The molecule has 2 atom stereocenters. The zero-order valence-corrected chi connectivity index (χ0v) is 6.99. The van der Waals surface area contributed by atoms with Crippen molar-refractivity contribution in [1.82, 2.24) is 0 Å². The minimum atomic E-state index is -1.04. The maximum Gasteiger partial charge on any atom is 0.320 e. The molecule has 0 bridgehead atoms. The number of carbonyl (C=O) groups is 1. The van der Waals surface area contributed by atoms with E-state index in [9.17, 15) is 4.79 Å². The molecule has 0 aromatic heterocycles. The van der Waals surface area contributed by atoms with Crippen molar-refractivity contribution >= 4 is 22.7 Å². The van der Waals surface area contributed by atoms with Crippen molar-refractivity contribution in [3.63, 3.8) is 0 Å². The molecular formula is C6H9ClN2O3. The van der Waals surface area contributed by atoms with E-state index in [2.05, 4.69) is 5.16 Å². The predicted octanol–water partition coefficient (Wildman–Crippen LogP) is 0.130. The molecule has 12 heavy (non-hydrogen) atoms. The van der Waals surface area contributed by atoms with Gasteiger partial charge in [0.2, 0.25) is 0 Å². The Morgan fingerprint density at radius 1 is 2.00 bits per heavy atom. The zero-order valence-electron chi connectivity index (χ0n) is 6.24. The smallest absolute Gasteiger partial charge is 0.320 e. The van der Waals surface area contributed by atoms with Crippen LogP contribution in [0.5, 0.6) is 0 Å². The fraction of sp³-hybridized carbons (Fsp3) is 0.667. The van der Waals surface area contributed by atoms with E-state index < -0.39 is 12.0 Å². The molecule has 1 aliphatic rings. The number of carboxylic acids is 1. The average Bonchev–Trinajstić information content (AvgIpc) is 2.35. The van der Waals surface area contributed by atoms with E-state index in [0.29, 0.717) is 11.6 Å². The molecule has 68 valence electrons. The largest absolute Gasteiger partial charge is 0.480 e. The molecular weight excluding hydrogens is 184 g/mol. The minimum Gasteiger partial charge on any atom is -0.480 e. The van der Waals surface area contributed by atoms with Gasteiger partial charge in [-0.05, 0) is 0 Å². The Balaban J connectivity index is 2.30. The Kier molecular flexibility index (Phi) is 2.88. The number of aliphatic carboxylic acids is 1. The van der Waals surface area contributed by atoms with Gasteiger partial charge in [0.05, 0.1) is 0 Å². The topological polar surface area (TPSA) is 84.9 Å². The van der Waals surface area contributed by atoms with Crippen LogP contribution in [0, 0.1) is 0 Å². The first-order chi connectivity index (χ1) is 5.59. The number of rotatable bonds is 3. The number of nitrogens with zero attached hydrogens (tertiary/aromatic N) is 1. The van der Waals surface area contributed by atoms with Crippen LogP contribution in [0.25, 0.3) is 0 Å². The first-order valence-corrected chi connectivity index (χ1v) is 3.84. The Morgan fingerprint density at radius 2 is 2.67 bits per heavy atom. The van der Waals surface area contributed by atoms with Gasteiger partial charge in [0.25, 0.3) is 0 Å². The normalized spacial score (nSPS) is 24.5. The summed E-state index contributed by atoms with van der Waals surface area (Å²) in [5.41, 5.74) is 5.27. The lowest BCUT2D eigenvalue weighted by Gasteiger charge is -2.10. The van der Waals surface area contributed by atoms with Gasteiger partial charge in [-0.3, -0.25) is 4.79 Å². The van der Waals surface area contributed by atoms with Gasteiger partial charge in [-0.2, -0.15) is 0 Å². The van der Waals surface area contributed by atoms with Crippen molar-refractivity contribution in [2.75, 3.05) is 0 Å². The van der Waals surface area contributed by atoms with Crippen molar-refractivity contribution in [1.29, 1.82) is 0 Å².